The Morgan fingerprint density at radius 1 is 1.09 bits per heavy atom. The molecule has 0 aliphatic carbocycles. The Hall–Kier alpha value is -1.31. The van der Waals surface area contributed by atoms with Gasteiger partial charge in [-0.2, -0.15) is 0 Å². The standard InChI is InChI=1S/C15H20BNO4S/c1-14(2)15(3,4)21-16(20-14)12-8-10(22(5,18)19)9-13-11(12)6-7-17-13/h6-9,17H,1-5H3. The lowest BCUT2D eigenvalue weighted by Crippen LogP contribution is -2.41. The lowest BCUT2D eigenvalue weighted by Gasteiger charge is -2.32. The summed E-state index contributed by atoms with van der Waals surface area (Å²) in [6, 6.07) is 5.19. The zero-order valence-corrected chi connectivity index (χ0v) is 14.2. The van der Waals surface area contributed by atoms with Gasteiger partial charge in [-0.1, -0.05) is 0 Å². The van der Waals surface area contributed by atoms with Crippen LogP contribution in [0, 0.1) is 0 Å². The Morgan fingerprint density at radius 2 is 1.68 bits per heavy atom. The molecule has 1 aromatic carbocycles. The highest BCUT2D eigenvalue weighted by atomic mass is 32.2. The topological polar surface area (TPSA) is 68.4 Å². The molecule has 5 nitrogen and oxygen atoms in total. The minimum absolute atomic E-state index is 0.257. The van der Waals surface area contributed by atoms with E-state index in [1.807, 2.05) is 33.8 Å². The molecule has 118 valence electrons. The number of aromatic nitrogens is 1. The molecule has 1 aliphatic rings. The number of aromatic amines is 1. The molecule has 1 fully saturated rings. The fourth-order valence-corrected chi connectivity index (χ4v) is 3.22. The van der Waals surface area contributed by atoms with Crippen LogP contribution in [0.2, 0.25) is 0 Å². The molecular weight excluding hydrogens is 301 g/mol. The van der Waals surface area contributed by atoms with Gasteiger partial charge in [0.1, 0.15) is 0 Å². The minimum atomic E-state index is -3.31. The number of hydrogen-bond donors (Lipinski definition) is 1. The Balaban J connectivity index is 2.17. The molecular formula is C15H20BNO4S. The van der Waals surface area contributed by atoms with Crippen LogP contribution in [-0.2, 0) is 19.1 Å². The van der Waals surface area contributed by atoms with E-state index in [2.05, 4.69) is 4.98 Å². The second-order valence-corrected chi connectivity index (χ2v) is 8.83. The summed E-state index contributed by atoms with van der Waals surface area (Å²) in [6.45, 7) is 7.90. The lowest BCUT2D eigenvalue weighted by molar-refractivity contribution is 0.00578. The Labute approximate surface area is 131 Å². The van der Waals surface area contributed by atoms with Crippen molar-refractivity contribution >= 4 is 33.3 Å². The maximum Gasteiger partial charge on any atom is 0.495 e. The van der Waals surface area contributed by atoms with Gasteiger partial charge in [-0.25, -0.2) is 8.42 Å². The number of rotatable bonds is 2. The maximum absolute atomic E-state index is 11.9. The van der Waals surface area contributed by atoms with Gasteiger partial charge in [-0.15, -0.1) is 0 Å². The van der Waals surface area contributed by atoms with Gasteiger partial charge >= 0.3 is 7.12 Å². The quantitative estimate of drug-likeness (QED) is 0.858. The first kappa shape index (κ1) is 15.6. The van der Waals surface area contributed by atoms with E-state index in [1.54, 1.807) is 18.3 Å². The Kier molecular flexibility index (Phi) is 3.26. The van der Waals surface area contributed by atoms with Gasteiger partial charge in [0.15, 0.2) is 9.84 Å². The van der Waals surface area contributed by atoms with Crippen LogP contribution >= 0.6 is 0 Å². The van der Waals surface area contributed by atoms with Gasteiger partial charge in [-0.3, -0.25) is 0 Å². The number of hydrogen-bond acceptors (Lipinski definition) is 4. The molecule has 0 amide bonds. The maximum atomic E-state index is 11.9. The third kappa shape index (κ3) is 2.37. The molecule has 2 aromatic rings. The molecule has 0 atom stereocenters. The number of fused-ring (bicyclic) bond motifs is 1. The van der Waals surface area contributed by atoms with Crippen molar-refractivity contribution in [3.8, 4) is 0 Å². The third-order valence-corrected chi connectivity index (χ3v) is 5.70. The first-order valence-electron chi connectivity index (χ1n) is 7.18. The molecule has 1 aliphatic heterocycles. The SMILES string of the molecule is CC1(C)OB(c2cc(S(C)(=O)=O)cc3[nH]ccc23)OC1(C)C. The van der Waals surface area contributed by atoms with Crippen molar-refractivity contribution in [3.63, 3.8) is 0 Å². The van der Waals surface area contributed by atoms with E-state index in [9.17, 15) is 8.42 Å². The van der Waals surface area contributed by atoms with Crippen LogP contribution in [0.5, 0.6) is 0 Å². The van der Waals surface area contributed by atoms with E-state index in [-0.39, 0.29) is 4.90 Å². The van der Waals surface area contributed by atoms with Crippen molar-refractivity contribution in [1.29, 1.82) is 0 Å². The third-order valence-electron chi connectivity index (χ3n) is 4.61. The zero-order chi connectivity index (χ0) is 16.3. The molecule has 1 N–H and O–H groups in total. The van der Waals surface area contributed by atoms with Gasteiger partial charge in [0, 0.05) is 18.0 Å². The van der Waals surface area contributed by atoms with Crippen LogP contribution in [-0.4, -0.2) is 38.0 Å². The molecule has 0 radical (unpaired) electrons. The van der Waals surface area contributed by atoms with Crippen LogP contribution in [0.4, 0.5) is 0 Å². The van der Waals surface area contributed by atoms with Gasteiger partial charge in [0.05, 0.1) is 16.1 Å². The van der Waals surface area contributed by atoms with Gasteiger partial charge in [0.2, 0.25) is 0 Å². The summed E-state index contributed by atoms with van der Waals surface area (Å²) in [6.07, 6.45) is 2.98. The van der Waals surface area contributed by atoms with E-state index in [4.69, 9.17) is 9.31 Å². The van der Waals surface area contributed by atoms with E-state index >= 15 is 0 Å². The molecule has 3 rings (SSSR count). The number of H-pyrrole nitrogens is 1. The predicted molar refractivity (Wildman–Crippen MR) is 87.1 cm³/mol. The second-order valence-electron chi connectivity index (χ2n) is 6.81. The van der Waals surface area contributed by atoms with Crippen LogP contribution < -0.4 is 5.46 Å². The van der Waals surface area contributed by atoms with Crippen LogP contribution in [0.25, 0.3) is 10.9 Å². The minimum Gasteiger partial charge on any atom is -0.399 e. The van der Waals surface area contributed by atoms with Crippen molar-refractivity contribution in [2.45, 2.75) is 43.8 Å². The summed E-state index contributed by atoms with van der Waals surface area (Å²) in [4.78, 5) is 3.32. The fraction of sp³-hybridized carbons (Fsp3) is 0.467. The van der Waals surface area contributed by atoms with Crippen molar-refractivity contribution in [1.82, 2.24) is 4.98 Å². The Bertz CT molecular complexity index is 822. The lowest BCUT2D eigenvalue weighted by atomic mass is 9.77. The molecule has 0 unspecified atom stereocenters. The summed E-state index contributed by atoms with van der Waals surface area (Å²) in [5.74, 6) is 0. The number of nitrogens with one attached hydrogen (secondary N) is 1. The first-order chi connectivity index (χ1) is 10.0. The van der Waals surface area contributed by atoms with Gasteiger partial charge in [0.25, 0.3) is 0 Å². The van der Waals surface area contributed by atoms with Crippen molar-refractivity contribution in [2.75, 3.05) is 6.26 Å². The second kappa shape index (κ2) is 4.60. The van der Waals surface area contributed by atoms with E-state index in [1.165, 1.54) is 6.26 Å². The highest BCUT2D eigenvalue weighted by Crippen LogP contribution is 2.37. The zero-order valence-electron chi connectivity index (χ0n) is 13.4. The van der Waals surface area contributed by atoms with Gasteiger partial charge < -0.3 is 14.3 Å². The van der Waals surface area contributed by atoms with E-state index < -0.39 is 28.2 Å². The summed E-state index contributed by atoms with van der Waals surface area (Å²) in [5, 5.41) is 0.908. The van der Waals surface area contributed by atoms with Crippen molar-refractivity contribution in [3.05, 3.63) is 24.4 Å². The van der Waals surface area contributed by atoms with Crippen molar-refractivity contribution in [2.24, 2.45) is 0 Å². The van der Waals surface area contributed by atoms with Crippen LogP contribution in [0.15, 0.2) is 29.3 Å². The largest absolute Gasteiger partial charge is 0.495 e. The normalized spacial score (nSPS) is 20.7. The smallest absolute Gasteiger partial charge is 0.399 e. The fourth-order valence-electron chi connectivity index (χ4n) is 2.55. The molecule has 22 heavy (non-hydrogen) atoms. The summed E-state index contributed by atoms with van der Waals surface area (Å²) >= 11 is 0. The predicted octanol–water partition coefficient (Wildman–Crippen LogP) is 1.87. The van der Waals surface area contributed by atoms with E-state index in [0.717, 1.165) is 16.4 Å². The van der Waals surface area contributed by atoms with E-state index in [0.29, 0.717) is 0 Å². The molecule has 0 bridgehead atoms. The molecule has 0 saturated carbocycles. The summed E-state index contributed by atoms with van der Waals surface area (Å²) in [7, 11) is -3.91. The molecule has 7 heteroatoms. The highest BCUT2D eigenvalue weighted by Gasteiger charge is 2.52. The number of benzene rings is 1. The van der Waals surface area contributed by atoms with Gasteiger partial charge in [-0.05, 0) is 56.7 Å². The highest BCUT2D eigenvalue weighted by molar-refractivity contribution is 7.90. The number of sulfone groups is 1. The first-order valence-corrected chi connectivity index (χ1v) is 9.07. The van der Waals surface area contributed by atoms with Crippen LogP contribution in [0.3, 0.4) is 0 Å². The van der Waals surface area contributed by atoms with Crippen LogP contribution in [0.1, 0.15) is 27.7 Å². The summed E-state index contributed by atoms with van der Waals surface area (Å²) < 4.78 is 36.0. The molecule has 0 spiro atoms. The Morgan fingerprint density at radius 3 is 2.23 bits per heavy atom. The average molecular weight is 321 g/mol. The average Bonchev–Trinajstić information content (AvgIpc) is 2.89. The monoisotopic (exact) mass is 321 g/mol. The van der Waals surface area contributed by atoms with Crippen molar-refractivity contribution < 1.29 is 17.7 Å². The summed E-state index contributed by atoms with van der Waals surface area (Å²) in [5.41, 5.74) is 0.549. The molecule has 1 aromatic heterocycles. The molecule has 2 heterocycles. The molecule has 1 saturated heterocycles.